The van der Waals surface area contributed by atoms with Gasteiger partial charge in [0.2, 0.25) is 11.8 Å². The summed E-state index contributed by atoms with van der Waals surface area (Å²) in [6.07, 6.45) is 3.33. The number of piperazine rings is 1. The predicted molar refractivity (Wildman–Crippen MR) is 79.0 cm³/mol. The molecule has 114 valence electrons. The molecule has 1 N–H and O–H groups in total. The average molecular weight is 280 g/mol. The third-order valence-electron chi connectivity index (χ3n) is 4.93. The van der Waals surface area contributed by atoms with Crippen molar-refractivity contribution in [1.29, 1.82) is 0 Å². The lowest BCUT2D eigenvalue weighted by Crippen LogP contribution is -2.67. The maximum atomic E-state index is 12.6. The Kier molecular flexibility index (Phi) is 4.40. The van der Waals surface area contributed by atoms with Crippen molar-refractivity contribution in [2.75, 3.05) is 0 Å². The topological polar surface area (TPSA) is 49.4 Å². The second-order valence-corrected chi connectivity index (χ2v) is 7.13. The van der Waals surface area contributed by atoms with Gasteiger partial charge in [-0.2, -0.15) is 0 Å². The van der Waals surface area contributed by atoms with E-state index in [0.29, 0.717) is 5.92 Å². The van der Waals surface area contributed by atoms with Crippen LogP contribution in [0.5, 0.6) is 0 Å². The highest BCUT2D eigenvalue weighted by molar-refractivity contribution is 5.97. The minimum absolute atomic E-state index is 0.0120. The molecular formula is C16H28N2O2. The molecule has 1 saturated heterocycles. The summed E-state index contributed by atoms with van der Waals surface area (Å²) in [6.45, 7) is 10.3. The molecule has 5 unspecified atom stereocenters. The normalized spacial score (nSPS) is 39.1. The second kappa shape index (κ2) is 5.74. The van der Waals surface area contributed by atoms with Crippen molar-refractivity contribution in [2.45, 2.75) is 72.0 Å². The first-order valence-electron chi connectivity index (χ1n) is 7.95. The molecule has 4 heteroatoms. The summed E-state index contributed by atoms with van der Waals surface area (Å²) in [5.74, 6) is 1.46. The van der Waals surface area contributed by atoms with Crippen LogP contribution in [0.4, 0.5) is 0 Å². The minimum Gasteiger partial charge on any atom is -0.343 e. The predicted octanol–water partition coefficient (Wildman–Crippen LogP) is 2.18. The van der Waals surface area contributed by atoms with E-state index in [-0.39, 0.29) is 35.9 Å². The van der Waals surface area contributed by atoms with Gasteiger partial charge in [0, 0.05) is 6.04 Å². The molecule has 2 aliphatic rings. The van der Waals surface area contributed by atoms with E-state index in [1.54, 1.807) is 6.92 Å². The van der Waals surface area contributed by atoms with Crippen molar-refractivity contribution < 1.29 is 9.59 Å². The smallest absolute Gasteiger partial charge is 0.245 e. The van der Waals surface area contributed by atoms with Gasteiger partial charge < -0.3 is 10.2 Å². The first-order valence-corrected chi connectivity index (χ1v) is 7.95. The third kappa shape index (κ3) is 2.70. The maximum absolute atomic E-state index is 12.6. The van der Waals surface area contributed by atoms with Crippen molar-refractivity contribution in [1.82, 2.24) is 10.2 Å². The maximum Gasteiger partial charge on any atom is 0.245 e. The van der Waals surface area contributed by atoms with E-state index in [1.807, 2.05) is 18.7 Å². The van der Waals surface area contributed by atoms with Gasteiger partial charge in [-0.15, -0.1) is 0 Å². The summed E-state index contributed by atoms with van der Waals surface area (Å²) >= 11 is 0. The number of carbonyl (C=O) groups excluding carboxylic acids is 2. The molecule has 0 aromatic rings. The Bertz CT molecular complexity index is 394. The van der Waals surface area contributed by atoms with Crippen LogP contribution in [0.1, 0.15) is 53.9 Å². The number of nitrogens with zero attached hydrogens (tertiary/aromatic N) is 1. The standard InChI is InChI=1S/C16H28N2O2/c1-9(2)14-15(19)17-12(5)16(20)18(14)13-7-6-10(3)8-11(13)4/h9-14H,6-8H2,1-5H3,(H,17,19). The van der Waals surface area contributed by atoms with Crippen molar-refractivity contribution >= 4 is 11.8 Å². The Morgan fingerprint density at radius 2 is 1.80 bits per heavy atom. The molecule has 2 fully saturated rings. The van der Waals surface area contributed by atoms with E-state index in [1.165, 1.54) is 0 Å². The summed E-state index contributed by atoms with van der Waals surface area (Å²) in [5, 5.41) is 2.82. The SMILES string of the molecule is CC1CCC(N2C(=O)C(C)NC(=O)C2C(C)C)C(C)C1. The highest BCUT2D eigenvalue weighted by Gasteiger charge is 2.45. The summed E-state index contributed by atoms with van der Waals surface area (Å²) in [6, 6.07) is -0.469. The van der Waals surface area contributed by atoms with Crippen LogP contribution in [0.3, 0.4) is 0 Å². The van der Waals surface area contributed by atoms with E-state index in [0.717, 1.165) is 25.2 Å². The van der Waals surface area contributed by atoms with Crippen molar-refractivity contribution in [2.24, 2.45) is 17.8 Å². The van der Waals surface area contributed by atoms with Crippen LogP contribution in [-0.2, 0) is 9.59 Å². The number of rotatable bonds is 2. The van der Waals surface area contributed by atoms with Crippen LogP contribution in [0, 0.1) is 17.8 Å². The van der Waals surface area contributed by atoms with Crippen LogP contribution in [0.2, 0.25) is 0 Å². The van der Waals surface area contributed by atoms with E-state index in [2.05, 4.69) is 19.2 Å². The molecule has 4 nitrogen and oxygen atoms in total. The molecule has 1 aliphatic heterocycles. The Balaban J connectivity index is 2.28. The van der Waals surface area contributed by atoms with E-state index >= 15 is 0 Å². The van der Waals surface area contributed by atoms with Gasteiger partial charge in [-0.25, -0.2) is 0 Å². The Morgan fingerprint density at radius 3 is 2.35 bits per heavy atom. The van der Waals surface area contributed by atoms with Gasteiger partial charge in [0.1, 0.15) is 12.1 Å². The number of carbonyl (C=O) groups is 2. The fourth-order valence-electron chi connectivity index (χ4n) is 3.90. The van der Waals surface area contributed by atoms with Gasteiger partial charge >= 0.3 is 0 Å². The quantitative estimate of drug-likeness (QED) is 0.843. The Morgan fingerprint density at radius 1 is 1.15 bits per heavy atom. The van der Waals surface area contributed by atoms with Crippen LogP contribution in [-0.4, -0.2) is 34.8 Å². The number of nitrogens with one attached hydrogen (secondary N) is 1. The number of hydrogen-bond donors (Lipinski definition) is 1. The zero-order valence-electron chi connectivity index (χ0n) is 13.3. The van der Waals surface area contributed by atoms with Crippen LogP contribution >= 0.6 is 0 Å². The summed E-state index contributed by atoms with van der Waals surface area (Å²) in [5.41, 5.74) is 0. The van der Waals surface area contributed by atoms with Crippen molar-refractivity contribution in [3.63, 3.8) is 0 Å². The van der Waals surface area contributed by atoms with Crippen molar-refractivity contribution in [3.05, 3.63) is 0 Å². The molecule has 2 amide bonds. The molecular weight excluding hydrogens is 252 g/mol. The lowest BCUT2D eigenvalue weighted by atomic mass is 9.77. The molecule has 0 aromatic heterocycles. The first kappa shape index (κ1) is 15.3. The highest BCUT2D eigenvalue weighted by Crippen LogP contribution is 2.35. The fourth-order valence-corrected chi connectivity index (χ4v) is 3.90. The largest absolute Gasteiger partial charge is 0.343 e. The Hall–Kier alpha value is -1.06. The van der Waals surface area contributed by atoms with Gasteiger partial charge in [-0.1, -0.05) is 27.7 Å². The summed E-state index contributed by atoms with van der Waals surface area (Å²) in [4.78, 5) is 26.9. The van der Waals surface area contributed by atoms with E-state index < -0.39 is 0 Å². The summed E-state index contributed by atoms with van der Waals surface area (Å²) < 4.78 is 0. The van der Waals surface area contributed by atoms with Gasteiger partial charge in [-0.05, 0) is 43.9 Å². The monoisotopic (exact) mass is 280 g/mol. The average Bonchev–Trinajstić information content (AvgIpc) is 2.33. The van der Waals surface area contributed by atoms with Crippen LogP contribution in [0.25, 0.3) is 0 Å². The van der Waals surface area contributed by atoms with Crippen molar-refractivity contribution in [3.8, 4) is 0 Å². The molecule has 0 aromatic carbocycles. The van der Waals surface area contributed by atoms with Crippen LogP contribution in [0.15, 0.2) is 0 Å². The van der Waals surface area contributed by atoms with E-state index in [4.69, 9.17) is 0 Å². The lowest BCUT2D eigenvalue weighted by Gasteiger charge is -2.48. The van der Waals surface area contributed by atoms with Gasteiger partial charge in [0.25, 0.3) is 0 Å². The Labute approximate surface area is 122 Å². The lowest BCUT2D eigenvalue weighted by molar-refractivity contribution is -0.156. The van der Waals surface area contributed by atoms with Gasteiger partial charge in [-0.3, -0.25) is 9.59 Å². The third-order valence-corrected chi connectivity index (χ3v) is 4.93. The molecule has 0 bridgehead atoms. The molecule has 5 atom stereocenters. The summed E-state index contributed by atoms with van der Waals surface area (Å²) in [7, 11) is 0. The molecule has 0 radical (unpaired) electrons. The molecule has 0 spiro atoms. The molecule has 20 heavy (non-hydrogen) atoms. The van der Waals surface area contributed by atoms with Gasteiger partial charge in [0.15, 0.2) is 0 Å². The first-order chi connectivity index (χ1) is 9.32. The number of amides is 2. The minimum atomic E-state index is -0.385. The van der Waals surface area contributed by atoms with Crippen LogP contribution < -0.4 is 5.32 Å². The second-order valence-electron chi connectivity index (χ2n) is 7.13. The fraction of sp³-hybridized carbons (Fsp3) is 0.875. The number of hydrogen-bond acceptors (Lipinski definition) is 2. The zero-order chi connectivity index (χ0) is 15.0. The van der Waals surface area contributed by atoms with E-state index in [9.17, 15) is 9.59 Å². The zero-order valence-corrected chi connectivity index (χ0v) is 13.3. The molecule has 2 rings (SSSR count). The van der Waals surface area contributed by atoms with Gasteiger partial charge in [0.05, 0.1) is 0 Å². The highest BCUT2D eigenvalue weighted by atomic mass is 16.2. The molecule has 1 aliphatic carbocycles. The molecule has 1 saturated carbocycles. The molecule has 1 heterocycles.